The number of hydrogen-bond acceptors (Lipinski definition) is 3. The Balaban J connectivity index is 2.95. The SMILES string of the molecule is CN[C@H](CO)c1ccc(F)c(O)c1. The molecule has 0 spiro atoms. The van der Waals surface area contributed by atoms with Crippen molar-refractivity contribution in [2.24, 2.45) is 0 Å². The summed E-state index contributed by atoms with van der Waals surface area (Å²) in [5, 5.41) is 20.8. The number of nitrogens with one attached hydrogen (secondary N) is 1. The van der Waals surface area contributed by atoms with Crippen molar-refractivity contribution in [1.82, 2.24) is 5.32 Å². The minimum atomic E-state index is -0.656. The van der Waals surface area contributed by atoms with Gasteiger partial charge >= 0.3 is 0 Å². The van der Waals surface area contributed by atoms with Gasteiger partial charge in [0.1, 0.15) is 0 Å². The van der Waals surface area contributed by atoms with Crippen LogP contribution in [0, 0.1) is 5.82 Å². The summed E-state index contributed by atoms with van der Waals surface area (Å²) in [5.41, 5.74) is 0.656. The average Bonchev–Trinajstić information content (AvgIpc) is 2.13. The molecule has 1 rings (SSSR count). The molecule has 13 heavy (non-hydrogen) atoms. The van der Waals surface area contributed by atoms with Gasteiger partial charge in [0.05, 0.1) is 12.6 Å². The summed E-state index contributed by atoms with van der Waals surface area (Å²) in [4.78, 5) is 0. The summed E-state index contributed by atoms with van der Waals surface area (Å²) in [5.74, 6) is -1.05. The molecule has 0 fully saturated rings. The number of hydrogen-bond donors (Lipinski definition) is 3. The molecule has 72 valence electrons. The van der Waals surface area contributed by atoms with Crippen LogP contribution in [0.25, 0.3) is 0 Å². The molecule has 0 unspecified atom stereocenters. The van der Waals surface area contributed by atoms with Crippen LogP contribution in [0.15, 0.2) is 18.2 Å². The van der Waals surface area contributed by atoms with Crippen LogP contribution in [-0.2, 0) is 0 Å². The van der Waals surface area contributed by atoms with Crippen LogP contribution in [0.3, 0.4) is 0 Å². The molecule has 3 N–H and O–H groups in total. The minimum absolute atomic E-state index is 0.0957. The number of aromatic hydroxyl groups is 1. The van der Waals surface area contributed by atoms with Crippen LogP contribution < -0.4 is 5.32 Å². The summed E-state index contributed by atoms with van der Waals surface area (Å²) in [6.45, 7) is -0.0957. The largest absolute Gasteiger partial charge is 0.505 e. The Hall–Kier alpha value is -1.13. The Morgan fingerprint density at radius 2 is 2.23 bits per heavy atom. The lowest BCUT2D eigenvalue weighted by molar-refractivity contribution is 0.250. The summed E-state index contributed by atoms with van der Waals surface area (Å²) >= 11 is 0. The fourth-order valence-corrected chi connectivity index (χ4v) is 1.11. The number of rotatable bonds is 3. The zero-order chi connectivity index (χ0) is 9.84. The number of aliphatic hydroxyl groups is 1. The van der Waals surface area contributed by atoms with Gasteiger partial charge in [0.15, 0.2) is 11.6 Å². The molecular weight excluding hydrogens is 173 g/mol. The molecule has 0 saturated heterocycles. The van der Waals surface area contributed by atoms with E-state index in [9.17, 15) is 4.39 Å². The lowest BCUT2D eigenvalue weighted by atomic mass is 10.1. The van der Waals surface area contributed by atoms with Gasteiger partial charge in [-0.2, -0.15) is 0 Å². The van der Waals surface area contributed by atoms with E-state index in [1.807, 2.05) is 0 Å². The van der Waals surface area contributed by atoms with Gasteiger partial charge in [-0.25, -0.2) is 4.39 Å². The van der Waals surface area contributed by atoms with Crippen molar-refractivity contribution in [2.45, 2.75) is 6.04 Å². The van der Waals surface area contributed by atoms with E-state index in [4.69, 9.17) is 10.2 Å². The van der Waals surface area contributed by atoms with Crippen LogP contribution in [-0.4, -0.2) is 23.9 Å². The number of aliphatic hydroxyl groups excluding tert-OH is 1. The molecule has 0 aromatic heterocycles. The van der Waals surface area contributed by atoms with Crippen LogP contribution >= 0.6 is 0 Å². The van der Waals surface area contributed by atoms with E-state index < -0.39 is 11.6 Å². The van der Waals surface area contributed by atoms with Crippen LogP contribution in [0.2, 0.25) is 0 Å². The second kappa shape index (κ2) is 4.20. The Morgan fingerprint density at radius 3 is 2.69 bits per heavy atom. The van der Waals surface area contributed by atoms with Gasteiger partial charge in [-0.3, -0.25) is 0 Å². The normalized spacial score (nSPS) is 12.8. The molecule has 0 heterocycles. The predicted octanol–water partition coefficient (Wildman–Crippen LogP) is 0.784. The standard InChI is InChI=1S/C9H12FNO2/c1-11-8(5-12)6-2-3-7(10)9(13)4-6/h2-4,8,11-13H,5H2,1H3/t8-/m1/s1. The summed E-state index contributed by atoms with van der Waals surface area (Å²) in [6.07, 6.45) is 0. The first-order valence-corrected chi connectivity index (χ1v) is 3.95. The predicted molar refractivity (Wildman–Crippen MR) is 47.0 cm³/mol. The van der Waals surface area contributed by atoms with Crippen molar-refractivity contribution >= 4 is 0 Å². The molecule has 4 heteroatoms. The Labute approximate surface area is 75.8 Å². The van der Waals surface area contributed by atoms with E-state index in [2.05, 4.69) is 5.32 Å². The highest BCUT2D eigenvalue weighted by molar-refractivity contribution is 5.31. The van der Waals surface area contributed by atoms with Crippen molar-refractivity contribution in [1.29, 1.82) is 0 Å². The number of phenolic OH excluding ortho intramolecular Hbond substituents is 1. The maximum atomic E-state index is 12.6. The van der Waals surface area contributed by atoms with Crippen molar-refractivity contribution in [3.8, 4) is 5.75 Å². The highest BCUT2D eigenvalue weighted by Crippen LogP contribution is 2.20. The smallest absolute Gasteiger partial charge is 0.164 e. The van der Waals surface area contributed by atoms with Crippen molar-refractivity contribution < 1.29 is 14.6 Å². The molecule has 0 aliphatic heterocycles. The lowest BCUT2D eigenvalue weighted by Crippen LogP contribution is -2.19. The zero-order valence-corrected chi connectivity index (χ0v) is 7.29. The van der Waals surface area contributed by atoms with Crippen molar-refractivity contribution in [3.63, 3.8) is 0 Å². The fraction of sp³-hybridized carbons (Fsp3) is 0.333. The molecule has 0 aliphatic carbocycles. The zero-order valence-electron chi connectivity index (χ0n) is 7.29. The second-order valence-corrected chi connectivity index (χ2v) is 2.73. The minimum Gasteiger partial charge on any atom is -0.505 e. The van der Waals surface area contributed by atoms with E-state index in [0.29, 0.717) is 5.56 Å². The van der Waals surface area contributed by atoms with Crippen LogP contribution in [0.1, 0.15) is 11.6 Å². The lowest BCUT2D eigenvalue weighted by Gasteiger charge is -2.13. The first-order chi connectivity index (χ1) is 6.19. The Kier molecular flexibility index (Phi) is 3.22. The highest BCUT2D eigenvalue weighted by Gasteiger charge is 2.09. The van der Waals surface area contributed by atoms with Crippen molar-refractivity contribution in [3.05, 3.63) is 29.6 Å². The van der Waals surface area contributed by atoms with Gasteiger partial charge in [0.25, 0.3) is 0 Å². The maximum Gasteiger partial charge on any atom is 0.164 e. The topological polar surface area (TPSA) is 52.5 Å². The van der Waals surface area contributed by atoms with Gasteiger partial charge in [-0.1, -0.05) is 6.07 Å². The summed E-state index contributed by atoms with van der Waals surface area (Å²) in [6, 6.07) is 3.72. The Bertz CT molecular complexity index is 287. The van der Waals surface area contributed by atoms with Gasteiger partial charge < -0.3 is 15.5 Å². The molecule has 0 amide bonds. The quantitative estimate of drug-likeness (QED) is 0.652. The van der Waals surface area contributed by atoms with Gasteiger partial charge in [0, 0.05) is 0 Å². The van der Waals surface area contributed by atoms with Crippen LogP contribution in [0.4, 0.5) is 4.39 Å². The molecule has 1 aromatic rings. The van der Waals surface area contributed by atoms with E-state index in [0.717, 1.165) is 0 Å². The first kappa shape index (κ1) is 9.95. The highest BCUT2D eigenvalue weighted by atomic mass is 19.1. The molecule has 0 saturated carbocycles. The monoisotopic (exact) mass is 185 g/mol. The number of benzene rings is 1. The second-order valence-electron chi connectivity index (χ2n) is 2.73. The summed E-state index contributed by atoms with van der Waals surface area (Å²) < 4.78 is 12.6. The van der Waals surface area contributed by atoms with Gasteiger partial charge in [-0.05, 0) is 24.7 Å². The van der Waals surface area contributed by atoms with E-state index in [1.54, 1.807) is 7.05 Å². The van der Waals surface area contributed by atoms with Gasteiger partial charge in [0.2, 0.25) is 0 Å². The molecule has 1 aromatic carbocycles. The van der Waals surface area contributed by atoms with E-state index >= 15 is 0 Å². The van der Waals surface area contributed by atoms with Crippen LogP contribution in [0.5, 0.6) is 5.75 Å². The molecule has 0 bridgehead atoms. The maximum absolute atomic E-state index is 12.6. The van der Waals surface area contributed by atoms with E-state index in [1.165, 1.54) is 18.2 Å². The third-order valence-corrected chi connectivity index (χ3v) is 1.90. The molecule has 1 atom stereocenters. The molecule has 0 radical (unpaired) electrons. The number of phenols is 1. The molecule has 3 nitrogen and oxygen atoms in total. The fourth-order valence-electron chi connectivity index (χ4n) is 1.11. The van der Waals surface area contributed by atoms with Gasteiger partial charge in [-0.15, -0.1) is 0 Å². The van der Waals surface area contributed by atoms with Crippen molar-refractivity contribution in [2.75, 3.05) is 13.7 Å². The number of likely N-dealkylation sites (N-methyl/N-ethyl adjacent to an activating group) is 1. The first-order valence-electron chi connectivity index (χ1n) is 3.95. The van der Waals surface area contributed by atoms with E-state index in [-0.39, 0.29) is 12.6 Å². The Morgan fingerprint density at radius 1 is 1.54 bits per heavy atom. The third-order valence-electron chi connectivity index (χ3n) is 1.90. The molecule has 0 aliphatic rings. The number of halogens is 1. The summed E-state index contributed by atoms with van der Waals surface area (Å²) in [7, 11) is 1.68. The molecular formula is C9H12FNO2. The third kappa shape index (κ3) is 2.17. The average molecular weight is 185 g/mol.